The summed E-state index contributed by atoms with van der Waals surface area (Å²) < 4.78 is 5.05. The summed E-state index contributed by atoms with van der Waals surface area (Å²) in [6.07, 6.45) is 1.83. The number of hydrogen-bond acceptors (Lipinski definition) is 4. The Bertz CT molecular complexity index is 797. The van der Waals surface area contributed by atoms with E-state index in [9.17, 15) is 5.21 Å². The quantitative estimate of drug-likeness (QED) is 0.647. The Hall–Kier alpha value is -2.08. The van der Waals surface area contributed by atoms with Gasteiger partial charge in [0.05, 0.1) is 13.2 Å². The van der Waals surface area contributed by atoms with Crippen LogP contribution in [0.25, 0.3) is 0 Å². The molecule has 1 N–H and O–H groups in total. The van der Waals surface area contributed by atoms with Crippen LogP contribution in [0, 0.1) is 5.21 Å². The van der Waals surface area contributed by atoms with E-state index < -0.39 is 0 Å². The van der Waals surface area contributed by atoms with Gasteiger partial charge in [0, 0.05) is 37.5 Å². The SMILES string of the molecule is COc1ccc(C(C)(C)N2CCC([N+]3([O-])CNc4ccccc43)CC2)cc1. The largest absolute Gasteiger partial charge is 0.626 e. The van der Waals surface area contributed by atoms with Crippen LogP contribution in [0.15, 0.2) is 48.5 Å². The summed E-state index contributed by atoms with van der Waals surface area (Å²) in [4.78, 5) is 2.51. The molecular weight excluding hydrogens is 338 g/mol. The van der Waals surface area contributed by atoms with Gasteiger partial charge in [-0.05, 0) is 37.6 Å². The minimum atomic E-state index is -0.229. The summed E-state index contributed by atoms with van der Waals surface area (Å²) >= 11 is 0. The highest BCUT2D eigenvalue weighted by molar-refractivity contribution is 5.72. The molecule has 5 nitrogen and oxygen atoms in total. The van der Waals surface area contributed by atoms with Crippen molar-refractivity contribution in [3.8, 4) is 5.75 Å². The lowest BCUT2D eigenvalue weighted by molar-refractivity contribution is 0.0633. The van der Waals surface area contributed by atoms with E-state index in [1.807, 2.05) is 36.4 Å². The Labute approximate surface area is 161 Å². The molecule has 0 amide bonds. The van der Waals surface area contributed by atoms with Crippen molar-refractivity contribution in [2.75, 3.05) is 32.2 Å². The average Bonchev–Trinajstić information content (AvgIpc) is 3.06. The molecule has 0 aliphatic carbocycles. The lowest BCUT2D eigenvalue weighted by Crippen LogP contribution is -2.57. The molecule has 1 unspecified atom stereocenters. The van der Waals surface area contributed by atoms with Gasteiger partial charge in [0.25, 0.3) is 0 Å². The second-order valence-corrected chi connectivity index (χ2v) is 8.15. The summed E-state index contributed by atoms with van der Waals surface area (Å²) in [5.74, 6) is 0.881. The Morgan fingerprint density at radius 3 is 2.41 bits per heavy atom. The highest BCUT2D eigenvalue weighted by Crippen LogP contribution is 2.42. The highest BCUT2D eigenvalue weighted by atomic mass is 16.6. The fraction of sp³-hybridized carbons (Fsp3) is 0.455. The molecule has 0 aromatic heterocycles. The summed E-state index contributed by atoms with van der Waals surface area (Å²) in [5.41, 5.74) is 3.10. The third-order valence-corrected chi connectivity index (χ3v) is 6.46. The zero-order valence-corrected chi connectivity index (χ0v) is 16.4. The van der Waals surface area contributed by atoms with E-state index in [2.05, 4.69) is 36.2 Å². The Morgan fingerprint density at radius 2 is 1.74 bits per heavy atom. The van der Waals surface area contributed by atoms with Gasteiger partial charge in [0.1, 0.15) is 11.4 Å². The summed E-state index contributed by atoms with van der Waals surface area (Å²) in [7, 11) is 1.69. The zero-order valence-electron chi connectivity index (χ0n) is 16.4. The third-order valence-electron chi connectivity index (χ3n) is 6.46. The van der Waals surface area contributed by atoms with Gasteiger partial charge in [-0.1, -0.05) is 24.3 Å². The van der Waals surface area contributed by atoms with E-state index in [0.717, 1.165) is 43.1 Å². The van der Waals surface area contributed by atoms with Crippen molar-refractivity contribution in [3.63, 3.8) is 0 Å². The van der Waals surface area contributed by atoms with Crippen LogP contribution in [-0.2, 0) is 5.54 Å². The number of quaternary nitrogens is 1. The number of nitrogens with zero attached hydrogens (tertiary/aromatic N) is 2. The van der Waals surface area contributed by atoms with Gasteiger partial charge in [-0.3, -0.25) is 4.90 Å². The number of hydrogen-bond donors (Lipinski definition) is 1. The number of benzene rings is 2. The number of anilines is 1. The van der Waals surface area contributed by atoms with Gasteiger partial charge < -0.3 is 19.9 Å². The number of methoxy groups -OCH3 is 1. The molecule has 27 heavy (non-hydrogen) atoms. The van der Waals surface area contributed by atoms with Gasteiger partial charge >= 0.3 is 0 Å². The summed E-state index contributed by atoms with van der Waals surface area (Å²) in [5, 5.41) is 16.9. The van der Waals surface area contributed by atoms with E-state index in [1.54, 1.807) is 7.11 Å². The van der Waals surface area contributed by atoms with Crippen molar-refractivity contribution in [2.45, 2.75) is 38.3 Å². The molecule has 0 bridgehead atoms. The molecule has 5 heteroatoms. The molecule has 1 atom stereocenters. The number of rotatable bonds is 4. The number of nitrogens with one attached hydrogen (secondary N) is 1. The van der Waals surface area contributed by atoms with E-state index in [4.69, 9.17) is 4.74 Å². The lowest BCUT2D eigenvalue weighted by atomic mass is 9.89. The molecule has 1 fully saturated rings. The van der Waals surface area contributed by atoms with Crippen molar-refractivity contribution in [2.24, 2.45) is 0 Å². The van der Waals surface area contributed by atoms with Gasteiger partial charge in [-0.25, -0.2) is 0 Å². The monoisotopic (exact) mass is 367 g/mol. The van der Waals surface area contributed by atoms with Crippen LogP contribution in [0.5, 0.6) is 5.75 Å². The number of hydroxylamine groups is 2. The molecule has 2 aromatic rings. The minimum Gasteiger partial charge on any atom is -0.626 e. The number of ether oxygens (including phenoxy) is 1. The van der Waals surface area contributed by atoms with Gasteiger partial charge in [0.2, 0.25) is 0 Å². The van der Waals surface area contributed by atoms with Crippen molar-refractivity contribution in [1.82, 2.24) is 9.55 Å². The van der Waals surface area contributed by atoms with Crippen LogP contribution in [-0.4, -0.2) is 37.8 Å². The Kier molecular flexibility index (Phi) is 4.62. The van der Waals surface area contributed by atoms with E-state index in [1.165, 1.54) is 5.56 Å². The molecule has 0 radical (unpaired) electrons. The minimum absolute atomic E-state index is 0.0634. The number of piperidine rings is 1. The first-order valence-corrected chi connectivity index (χ1v) is 9.77. The predicted molar refractivity (Wildman–Crippen MR) is 111 cm³/mol. The number of likely N-dealkylation sites (tertiary alicyclic amines) is 1. The fourth-order valence-electron chi connectivity index (χ4n) is 4.59. The first-order valence-electron chi connectivity index (χ1n) is 9.77. The molecule has 2 aliphatic rings. The van der Waals surface area contributed by atoms with Crippen LogP contribution in [0.3, 0.4) is 0 Å². The molecule has 2 aromatic carbocycles. The fourth-order valence-corrected chi connectivity index (χ4v) is 4.59. The van der Waals surface area contributed by atoms with Crippen LogP contribution in [0.4, 0.5) is 11.4 Å². The van der Waals surface area contributed by atoms with Crippen molar-refractivity contribution >= 4 is 11.4 Å². The molecule has 144 valence electrons. The normalized spacial score (nSPS) is 23.7. The van der Waals surface area contributed by atoms with Gasteiger partial charge in [-0.2, -0.15) is 0 Å². The number of para-hydroxylation sites is 2. The van der Waals surface area contributed by atoms with E-state index >= 15 is 0 Å². The maximum absolute atomic E-state index is 13.6. The Morgan fingerprint density at radius 1 is 1.07 bits per heavy atom. The highest BCUT2D eigenvalue weighted by Gasteiger charge is 2.41. The smallest absolute Gasteiger partial charge is 0.158 e. The maximum atomic E-state index is 13.6. The number of fused-ring (bicyclic) bond motifs is 1. The van der Waals surface area contributed by atoms with E-state index in [0.29, 0.717) is 6.67 Å². The van der Waals surface area contributed by atoms with Crippen LogP contribution >= 0.6 is 0 Å². The van der Waals surface area contributed by atoms with Crippen LogP contribution in [0.2, 0.25) is 0 Å². The molecule has 4 rings (SSSR count). The Balaban J connectivity index is 1.47. The molecule has 2 aliphatic heterocycles. The topological polar surface area (TPSA) is 47.6 Å². The molecule has 0 saturated carbocycles. The second-order valence-electron chi connectivity index (χ2n) is 8.15. The van der Waals surface area contributed by atoms with Gasteiger partial charge in [-0.15, -0.1) is 0 Å². The van der Waals surface area contributed by atoms with Crippen LogP contribution in [0.1, 0.15) is 32.3 Å². The van der Waals surface area contributed by atoms with Gasteiger partial charge in [0.15, 0.2) is 12.4 Å². The van der Waals surface area contributed by atoms with E-state index in [-0.39, 0.29) is 16.2 Å². The molecule has 0 spiro atoms. The predicted octanol–water partition coefficient (Wildman–Crippen LogP) is 4.28. The molecule has 1 saturated heterocycles. The molecule has 2 heterocycles. The van der Waals surface area contributed by atoms with Crippen molar-refractivity contribution in [3.05, 3.63) is 59.3 Å². The van der Waals surface area contributed by atoms with Crippen LogP contribution < -0.4 is 14.7 Å². The van der Waals surface area contributed by atoms with Crippen molar-refractivity contribution in [1.29, 1.82) is 0 Å². The summed E-state index contributed by atoms with van der Waals surface area (Å²) in [6.45, 7) is 6.86. The third kappa shape index (κ3) is 3.10. The second kappa shape index (κ2) is 6.82. The zero-order chi connectivity index (χ0) is 19.1. The summed E-state index contributed by atoms with van der Waals surface area (Å²) in [6, 6.07) is 16.4. The standard InChI is InChI=1S/C22H29N3O2/c1-22(2,17-8-10-19(27-3)11-9-17)24-14-12-18(13-15-24)25(26)16-23-20-6-4-5-7-21(20)25/h4-11,18,23H,12-16H2,1-3H3. The lowest BCUT2D eigenvalue weighted by Gasteiger charge is -2.50. The molecular formula is C22H29N3O2. The average molecular weight is 367 g/mol. The first-order chi connectivity index (χ1) is 12.9. The van der Waals surface area contributed by atoms with Crippen molar-refractivity contribution < 1.29 is 4.74 Å². The maximum Gasteiger partial charge on any atom is 0.158 e. The first kappa shape index (κ1) is 18.3.